The van der Waals surface area contributed by atoms with Crippen LogP contribution in [0.2, 0.25) is 0 Å². The molecular formula is C20H18O2. The zero-order valence-electron chi connectivity index (χ0n) is 12.8. The maximum Gasteiger partial charge on any atom is 0.167 e. The molecule has 2 heteroatoms. The minimum Gasteiger partial charge on any atom is -0.299 e. The number of hydrogen-bond donors (Lipinski definition) is 0. The van der Waals surface area contributed by atoms with Crippen molar-refractivity contribution < 1.29 is 9.59 Å². The minimum atomic E-state index is -0.0590. The summed E-state index contributed by atoms with van der Waals surface area (Å²) in [6.45, 7) is 3.99. The van der Waals surface area contributed by atoms with Gasteiger partial charge in [-0.05, 0) is 34.2 Å². The van der Waals surface area contributed by atoms with E-state index in [4.69, 9.17) is 0 Å². The maximum atomic E-state index is 12.5. The summed E-state index contributed by atoms with van der Waals surface area (Å²) in [7, 11) is 0. The Hall–Kier alpha value is -2.22. The van der Waals surface area contributed by atoms with Gasteiger partial charge in [-0.15, -0.1) is 0 Å². The second-order valence-electron chi connectivity index (χ2n) is 6.53. The number of Topliss-reactive ketones (excluding diaryl/α,β-unsaturated/α-hetero) is 2. The van der Waals surface area contributed by atoms with E-state index in [1.165, 1.54) is 11.1 Å². The Morgan fingerprint density at radius 1 is 0.864 bits per heavy atom. The largest absolute Gasteiger partial charge is 0.299 e. The first-order chi connectivity index (χ1) is 10.6. The molecule has 4 rings (SSSR count). The molecule has 0 aliphatic heterocycles. The molecule has 22 heavy (non-hydrogen) atoms. The van der Waals surface area contributed by atoms with E-state index in [9.17, 15) is 9.59 Å². The predicted molar refractivity (Wildman–Crippen MR) is 86.2 cm³/mol. The molecule has 0 fully saturated rings. The fourth-order valence-electron chi connectivity index (χ4n) is 4.02. The van der Waals surface area contributed by atoms with E-state index in [1.54, 1.807) is 0 Å². The van der Waals surface area contributed by atoms with Gasteiger partial charge in [0.1, 0.15) is 5.78 Å². The molecule has 2 nitrogen and oxygen atoms in total. The van der Waals surface area contributed by atoms with E-state index >= 15 is 0 Å². The highest BCUT2D eigenvalue weighted by Crippen LogP contribution is 2.41. The first kappa shape index (κ1) is 13.4. The monoisotopic (exact) mass is 290 g/mol. The van der Waals surface area contributed by atoms with E-state index < -0.39 is 0 Å². The average molecular weight is 290 g/mol. The number of fused-ring (bicyclic) bond motifs is 5. The van der Waals surface area contributed by atoms with Gasteiger partial charge in [0.15, 0.2) is 5.78 Å². The van der Waals surface area contributed by atoms with Crippen LogP contribution in [0.25, 0.3) is 11.1 Å². The third-order valence-electron chi connectivity index (χ3n) is 5.21. The van der Waals surface area contributed by atoms with Gasteiger partial charge in [0, 0.05) is 23.8 Å². The molecular weight excluding hydrogens is 272 g/mol. The summed E-state index contributed by atoms with van der Waals surface area (Å²) in [5.41, 5.74) is 6.53. The standard InChI is InChI=1S/C20H18O2/c1-11-9-17-13(12(2)20(11)22)7-8-15-14-5-3-4-6-16(14)19(21)10-18(15)17/h3-8,11-12H,9-10H2,1-2H3. The lowest BCUT2D eigenvalue weighted by Gasteiger charge is -2.31. The first-order valence-electron chi connectivity index (χ1n) is 7.89. The average Bonchev–Trinajstić information content (AvgIpc) is 2.53. The van der Waals surface area contributed by atoms with Gasteiger partial charge in [-0.3, -0.25) is 9.59 Å². The summed E-state index contributed by atoms with van der Waals surface area (Å²) in [4.78, 5) is 24.7. The zero-order valence-corrected chi connectivity index (χ0v) is 12.8. The van der Waals surface area contributed by atoms with Crippen molar-refractivity contribution >= 4 is 11.6 Å². The number of hydrogen-bond acceptors (Lipinski definition) is 2. The molecule has 0 aromatic heterocycles. The highest BCUT2D eigenvalue weighted by molar-refractivity contribution is 6.08. The highest BCUT2D eigenvalue weighted by atomic mass is 16.1. The van der Waals surface area contributed by atoms with E-state index in [0.29, 0.717) is 12.2 Å². The third-order valence-corrected chi connectivity index (χ3v) is 5.21. The zero-order chi connectivity index (χ0) is 15.4. The number of benzene rings is 2. The van der Waals surface area contributed by atoms with Crippen molar-refractivity contribution in [2.24, 2.45) is 5.92 Å². The molecule has 2 unspecified atom stereocenters. The Bertz CT molecular complexity index is 816. The van der Waals surface area contributed by atoms with Crippen LogP contribution < -0.4 is 0 Å². The smallest absolute Gasteiger partial charge is 0.167 e. The van der Waals surface area contributed by atoms with Crippen LogP contribution in [-0.4, -0.2) is 11.6 Å². The van der Waals surface area contributed by atoms with Crippen LogP contribution in [0.3, 0.4) is 0 Å². The molecule has 0 bridgehead atoms. The molecule has 2 aliphatic rings. The molecule has 0 N–H and O–H groups in total. The Morgan fingerprint density at radius 3 is 2.36 bits per heavy atom. The van der Waals surface area contributed by atoms with E-state index in [1.807, 2.05) is 38.1 Å². The second-order valence-corrected chi connectivity index (χ2v) is 6.53. The van der Waals surface area contributed by atoms with Gasteiger partial charge in [-0.1, -0.05) is 50.2 Å². The van der Waals surface area contributed by atoms with Gasteiger partial charge in [0.05, 0.1) is 0 Å². The second kappa shape index (κ2) is 4.64. The van der Waals surface area contributed by atoms with Crippen LogP contribution >= 0.6 is 0 Å². The molecule has 0 radical (unpaired) electrons. The molecule has 0 heterocycles. The predicted octanol–water partition coefficient (Wildman–Crippen LogP) is 3.96. The number of carbonyl (C=O) groups excluding carboxylic acids is 2. The minimum absolute atomic E-state index is 0.0428. The van der Waals surface area contributed by atoms with Crippen LogP contribution in [0.15, 0.2) is 36.4 Å². The lowest BCUT2D eigenvalue weighted by Crippen LogP contribution is -2.28. The summed E-state index contributed by atoms with van der Waals surface area (Å²) in [6.07, 6.45) is 1.22. The fraction of sp³-hybridized carbons (Fsp3) is 0.300. The Morgan fingerprint density at radius 2 is 1.59 bits per heavy atom. The van der Waals surface area contributed by atoms with Crippen molar-refractivity contribution in [2.75, 3.05) is 0 Å². The van der Waals surface area contributed by atoms with E-state index in [2.05, 4.69) is 12.1 Å². The molecule has 2 aliphatic carbocycles. The topological polar surface area (TPSA) is 34.1 Å². The summed E-state index contributed by atoms with van der Waals surface area (Å²) in [5, 5.41) is 0. The lowest BCUT2D eigenvalue weighted by atomic mass is 9.72. The lowest BCUT2D eigenvalue weighted by molar-refractivity contribution is -0.124. The SMILES string of the molecule is CC1Cc2c(ccc3c2CC(=O)c2ccccc2-3)C(C)C1=O. The van der Waals surface area contributed by atoms with Crippen molar-refractivity contribution in [2.45, 2.75) is 32.6 Å². The molecule has 2 aromatic carbocycles. The number of carbonyl (C=O) groups is 2. The van der Waals surface area contributed by atoms with Crippen LogP contribution in [-0.2, 0) is 17.6 Å². The third kappa shape index (κ3) is 1.73. The van der Waals surface area contributed by atoms with Crippen LogP contribution in [0.1, 0.15) is 46.8 Å². The Kier molecular flexibility index (Phi) is 2.83. The van der Waals surface area contributed by atoms with Crippen LogP contribution in [0.4, 0.5) is 0 Å². The van der Waals surface area contributed by atoms with Gasteiger partial charge in [-0.25, -0.2) is 0 Å². The highest BCUT2D eigenvalue weighted by Gasteiger charge is 2.34. The van der Waals surface area contributed by atoms with Crippen LogP contribution in [0, 0.1) is 5.92 Å². The van der Waals surface area contributed by atoms with Crippen LogP contribution in [0.5, 0.6) is 0 Å². The summed E-state index contributed by atoms with van der Waals surface area (Å²) < 4.78 is 0. The Balaban J connectivity index is 1.98. The molecule has 0 amide bonds. The molecule has 0 spiro atoms. The molecule has 0 saturated heterocycles. The number of ketones is 2. The van der Waals surface area contributed by atoms with E-state index in [-0.39, 0.29) is 17.6 Å². The van der Waals surface area contributed by atoms with Crippen molar-refractivity contribution in [3.05, 3.63) is 58.7 Å². The quantitative estimate of drug-likeness (QED) is 0.736. The van der Waals surface area contributed by atoms with Crippen molar-refractivity contribution in [3.8, 4) is 11.1 Å². The van der Waals surface area contributed by atoms with Gasteiger partial charge in [-0.2, -0.15) is 0 Å². The van der Waals surface area contributed by atoms with Gasteiger partial charge in [0.2, 0.25) is 0 Å². The summed E-state index contributed by atoms with van der Waals surface area (Å²) in [5.74, 6) is 0.487. The van der Waals surface area contributed by atoms with Gasteiger partial charge < -0.3 is 0 Å². The summed E-state index contributed by atoms with van der Waals surface area (Å²) in [6, 6.07) is 12.0. The molecule has 110 valence electrons. The van der Waals surface area contributed by atoms with Crippen molar-refractivity contribution in [3.63, 3.8) is 0 Å². The van der Waals surface area contributed by atoms with E-state index in [0.717, 1.165) is 28.7 Å². The summed E-state index contributed by atoms with van der Waals surface area (Å²) >= 11 is 0. The Labute approximate surface area is 130 Å². The molecule has 2 atom stereocenters. The normalized spacial score (nSPS) is 22.8. The first-order valence-corrected chi connectivity index (χ1v) is 7.89. The maximum absolute atomic E-state index is 12.5. The van der Waals surface area contributed by atoms with Crippen molar-refractivity contribution in [1.82, 2.24) is 0 Å². The van der Waals surface area contributed by atoms with Gasteiger partial charge >= 0.3 is 0 Å². The fourth-order valence-corrected chi connectivity index (χ4v) is 4.02. The van der Waals surface area contributed by atoms with Crippen molar-refractivity contribution in [1.29, 1.82) is 0 Å². The van der Waals surface area contributed by atoms with Gasteiger partial charge in [0.25, 0.3) is 0 Å². The molecule has 0 saturated carbocycles. The molecule has 2 aromatic rings. The number of rotatable bonds is 0.